The second-order valence-corrected chi connectivity index (χ2v) is 8.24. The van der Waals surface area contributed by atoms with E-state index in [0.29, 0.717) is 21.8 Å². The van der Waals surface area contributed by atoms with Gasteiger partial charge in [0.1, 0.15) is 5.82 Å². The van der Waals surface area contributed by atoms with Crippen molar-refractivity contribution in [1.82, 2.24) is 5.32 Å². The quantitative estimate of drug-likeness (QED) is 0.230. The minimum Gasteiger partial charge on any atom is -0.338 e. The normalized spacial score (nSPS) is 11.1. The number of ether oxygens (including phenoxy) is 2. The molecule has 2 amide bonds. The summed E-state index contributed by atoms with van der Waals surface area (Å²) in [6.45, 7) is 10.1. The molecule has 0 saturated carbocycles. The van der Waals surface area contributed by atoms with Crippen molar-refractivity contribution in [2.75, 3.05) is 18.5 Å². The van der Waals surface area contributed by atoms with Crippen LogP contribution in [0.25, 0.3) is 0 Å². The van der Waals surface area contributed by atoms with Crippen LogP contribution in [-0.2, 0) is 21.8 Å². The number of urea groups is 1. The van der Waals surface area contributed by atoms with Gasteiger partial charge in [-0.05, 0) is 48.9 Å². The molecule has 0 spiro atoms. The van der Waals surface area contributed by atoms with E-state index >= 15 is 0 Å². The number of anilines is 1. The SMILES string of the molecule is C=CCOC(OCC=C)(c1ccc(Cl)cc1)c1cc(C)ccc1NC(=O)NCc1ccc(F)cc1. The zero-order chi connectivity index (χ0) is 25.3. The summed E-state index contributed by atoms with van der Waals surface area (Å²) in [5.74, 6) is -1.71. The molecule has 7 heteroatoms. The summed E-state index contributed by atoms with van der Waals surface area (Å²) < 4.78 is 25.7. The molecule has 0 atom stereocenters. The van der Waals surface area contributed by atoms with Crippen molar-refractivity contribution >= 4 is 23.3 Å². The van der Waals surface area contributed by atoms with Gasteiger partial charge in [0.15, 0.2) is 0 Å². The molecule has 5 nitrogen and oxygen atoms in total. The Morgan fingerprint density at radius 2 is 1.63 bits per heavy atom. The molecular weight excluding hydrogens is 467 g/mol. The lowest BCUT2D eigenvalue weighted by atomic mass is 9.93. The van der Waals surface area contributed by atoms with Crippen molar-refractivity contribution < 1.29 is 18.7 Å². The fourth-order valence-electron chi connectivity index (χ4n) is 3.53. The lowest BCUT2D eigenvalue weighted by Gasteiger charge is -2.36. The summed E-state index contributed by atoms with van der Waals surface area (Å²) in [4.78, 5) is 12.8. The number of rotatable bonds is 11. The number of hydrogen-bond acceptors (Lipinski definition) is 3. The molecule has 0 aliphatic heterocycles. The van der Waals surface area contributed by atoms with E-state index in [1.165, 1.54) is 12.1 Å². The first kappa shape index (κ1) is 26.2. The average molecular weight is 495 g/mol. The largest absolute Gasteiger partial charge is 0.338 e. The highest BCUT2D eigenvalue weighted by Crippen LogP contribution is 2.40. The standard InChI is InChI=1S/C28H28ClFN2O3/c1-4-16-34-28(35-17-5-2,22-9-11-23(29)12-10-22)25-18-20(3)6-15-26(25)32-27(33)31-19-21-7-13-24(30)14-8-21/h4-15,18H,1-2,16-17,19H2,3H3,(H2,31,32,33). The molecule has 3 aromatic carbocycles. The van der Waals surface area contributed by atoms with Gasteiger partial charge in [-0.15, -0.1) is 13.2 Å². The Kier molecular flexibility index (Phi) is 9.20. The number of amides is 2. The van der Waals surface area contributed by atoms with Crippen LogP contribution in [0.3, 0.4) is 0 Å². The van der Waals surface area contributed by atoms with Gasteiger partial charge in [0, 0.05) is 22.7 Å². The number of carbonyl (C=O) groups is 1. The molecule has 0 aliphatic rings. The average Bonchev–Trinajstić information content (AvgIpc) is 2.86. The van der Waals surface area contributed by atoms with Crippen LogP contribution in [0, 0.1) is 12.7 Å². The maximum absolute atomic E-state index is 13.2. The van der Waals surface area contributed by atoms with Crippen LogP contribution < -0.4 is 10.6 Å². The first-order valence-corrected chi connectivity index (χ1v) is 11.4. The summed E-state index contributed by atoms with van der Waals surface area (Å²) in [6, 6.07) is 18.2. The van der Waals surface area contributed by atoms with Crippen LogP contribution in [0.1, 0.15) is 22.3 Å². The lowest BCUT2D eigenvalue weighted by molar-refractivity contribution is -0.204. The highest BCUT2D eigenvalue weighted by atomic mass is 35.5. The molecule has 2 N–H and O–H groups in total. The Hall–Kier alpha value is -3.45. The van der Waals surface area contributed by atoms with Crippen molar-refractivity contribution in [3.63, 3.8) is 0 Å². The van der Waals surface area contributed by atoms with E-state index in [4.69, 9.17) is 21.1 Å². The van der Waals surface area contributed by atoms with Gasteiger partial charge in [-0.3, -0.25) is 0 Å². The zero-order valence-corrected chi connectivity index (χ0v) is 20.3. The number of hydrogen-bond donors (Lipinski definition) is 2. The Labute approximate surface area is 210 Å². The molecular formula is C28H28ClFN2O3. The fourth-order valence-corrected chi connectivity index (χ4v) is 3.66. The summed E-state index contributed by atoms with van der Waals surface area (Å²) in [5, 5.41) is 6.25. The van der Waals surface area contributed by atoms with Crippen LogP contribution in [0.4, 0.5) is 14.9 Å². The van der Waals surface area contributed by atoms with Gasteiger partial charge in [0.2, 0.25) is 5.79 Å². The Balaban J connectivity index is 1.99. The van der Waals surface area contributed by atoms with Gasteiger partial charge in [0.05, 0.1) is 18.9 Å². The number of halogens is 2. The maximum atomic E-state index is 13.2. The van der Waals surface area contributed by atoms with Crippen LogP contribution >= 0.6 is 11.6 Å². The van der Waals surface area contributed by atoms with Crippen LogP contribution in [0.15, 0.2) is 92.0 Å². The third kappa shape index (κ3) is 6.79. The number of aryl methyl sites for hydroxylation is 1. The number of nitrogens with one attached hydrogen (secondary N) is 2. The summed E-state index contributed by atoms with van der Waals surface area (Å²) in [5.41, 5.74) is 3.49. The first-order chi connectivity index (χ1) is 16.9. The molecule has 0 unspecified atom stereocenters. The predicted molar refractivity (Wildman–Crippen MR) is 138 cm³/mol. The van der Waals surface area contributed by atoms with E-state index in [1.807, 2.05) is 31.2 Å². The van der Waals surface area contributed by atoms with E-state index in [1.54, 1.807) is 42.5 Å². The second kappa shape index (κ2) is 12.3. The third-order valence-corrected chi connectivity index (χ3v) is 5.43. The van der Waals surface area contributed by atoms with Gasteiger partial charge >= 0.3 is 6.03 Å². The van der Waals surface area contributed by atoms with Crippen LogP contribution in [0.5, 0.6) is 0 Å². The molecule has 0 heterocycles. The molecule has 0 bridgehead atoms. The molecule has 182 valence electrons. The second-order valence-electron chi connectivity index (χ2n) is 7.81. The molecule has 0 aromatic heterocycles. The fraction of sp³-hybridized carbons (Fsp3) is 0.179. The van der Waals surface area contributed by atoms with Crippen molar-refractivity contribution in [3.8, 4) is 0 Å². The summed E-state index contributed by atoms with van der Waals surface area (Å²) in [6.07, 6.45) is 3.25. The molecule has 3 rings (SSSR count). The Morgan fingerprint density at radius 3 is 2.23 bits per heavy atom. The number of carbonyl (C=O) groups excluding carboxylic acids is 1. The van der Waals surface area contributed by atoms with Gasteiger partial charge in [-0.2, -0.15) is 0 Å². The molecule has 35 heavy (non-hydrogen) atoms. The smallest absolute Gasteiger partial charge is 0.319 e. The highest BCUT2D eigenvalue weighted by Gasteiger charge is 2.39. The Bertz CT molecular complexity index is 1150. The van der Waals surface area contributed by atoms with Crippen molar-refractivity contribution in [1.29, 1.82) is 0 Å². The lowest BCUT2D eigenvalue weighted by Crippen LogP contribution is -2.37. The van der Waals surface area contributed by atoms with Gasteiger partial charge < -0.3 is 20.1 Å². The van der Waals surface area contributed by atoms with Crippen LogP contribution in [-0.4, -0.2) is 19.2 Å². The molecule has 0 fully saturated rings. The predicted octanol–water partition coefficient (Wildman–Crippen LogP) is 6.72. The molecule has 0 radical (unpaired) electrons. The van der Waals surface area contributed by atoms with Crippen molar-refractivity contribution in [3.05, 3.63) is 125 Å². The van der Waals surface area contributed by atoms with Gasteiger partial charge in [0.25, 0.3) is 0 Å². The van der Waals surface area contributed by atoms with E-state index in [0.717, 1.165) is 11.1 Å². The first-order valence-electron chi connectivity index (χ1n) is 11.0. The molecule has 0 aliphatic carbocycles. The van der Waals surface area contributed by atoms with E-state index in [2.05, 4.69) is 23.8 Å². The third-order valence-electron chi connectivity index (χ3n) is 5.18. The minimum atomic E-state index is -1.38. The summed E-state index contributed by atoms with van der Waals surface area (Å²) in [7, 11) is 0. The minimum absolute atomic E-state index is 0.184. The number of benzene rings is 3. The molecule has 0 saturated heterocycles. The Morgan fingerprint density at radius 1 is 1.00 bits per heavy atom. The summed E-state index contributed by atoms with van der Waals surface area (Å²) >= 11 is 6.14. The topological polar surface area (TPSA) is 59.6 Å². The van der Waals surface area contributed by atoms with E-state index in [9.17, 15) is 9.18 Å². The zero-order valence-electron chi connectivity index (χ0n) is 19.5. The van der Waals surface area contributed by atoms with Gasteiger partial charge in [-0.1, -0.05) is 59.6 Å². The molecule has 3 aromatic rings. The van der Waals surface area contributed by atoms with E-state index < -0.39 is 11.8 Å². The van der Waals surface area contributed by atoms with Gasteiger partial charge in [-0.25, -0.2) is 9.18 Å². The maximum Gasteiger partial charge on any atom is 0.319 e. The van der Waals surface area contributed by atoms with Crippen molar-refractivity contribution in [2.24, 2.45) is 0 Å². The monoisotopic (exact) mass is 494 g/mol. The van der Waals surface area contributed by atoms with Crippen molar-refractivity contribution in [2.45, 2.75) is 19.3 Å². The van der Waals surface area contributed by atoms with E-state index in [-0.39, 0.29) is 25.6 Å². The highest BCUT2D eigenvalue weighted by molar-refractivity contribution is 6.30. The van der Waals surface area contributed by atoms with Crippen LogP contribution in [0.2, 0.25) is 5.02 Å².